The first kappa shape index (κ1) is 10.6. The molecule has 0 aromatic heterocycles. The summed E-state index contributed by atoms with van der Waals surface area (Å²) in [6.07, 6.45) is 2.56. The molecule has 1 fully saturated rings. The van der Waals surface area contributed by atoms with Crippen LogP contribution in [0.3, 0.4) is 0 Å². The van der Waals surface area contributed by atoms with Crippen LogP contribution >= 0.6 is 11.8 Å². The monoisotopic (exact) mass is 202 g/mol. The first-order chi connectivity index (χ1) is 6.10. The quantitative estimate of drug-likeness (QED) is 0.654. The molecule has 0 atom stereocenters. The SMILES string of the molecule is CCOC(=O)C1(SC(C)=O)CCC1. The summed E-state index contributed by atoms with van der Waals surface area (Å²) in [5, 5.41) is -0.00671. The molecule has 0 aromatic carbocycles. The molecule has 74 valence electrons. The van der Waals surface area contributed by atoms with Crippen molar-refractivity contribution in [3.05, 3.63) is 0 Å². The summed E-state index contributed by atoms with van der Waals surface area (Å²) in [5.41, 5.74) is 0. The van der Waals surface area contributed by atoms with Gasteiger partial charge in [-0.3, -0.25) is 9.59 Å². The van der Waals surface area contributed by atoms with Crippen molar-refractivity contribution in [3.63, 3.8) is 0 Å². The van der Waals surface area contributed by atoms with E-state index in [4.69, 9.17) is 4.74 Å². The molecule has 1 saturated carbocycles. The third-order valence-electron chi connectivity index (χ3n) is 2.15. The third-order valence-corrected chi connectivity index (χ3v) is 3.40. The molecule has 0 amide bonds. The molecule has 0 aliphatic heterocycles. The van der Waals surface area contributed by atoms with Gasteiger partial charge in [-0.05, 0) is 26.2 Å². The van der Waals surface area contributed by atoms with E-state index in [-0.39, 0.29) is 11.1 Å². The van der Waals surface area contributed by atoms with E-state index in [1.807, 2.05) is 0 Å². The number of hydrogen-bond donors (Lipinski definition) is 0. The van der Waals surface area contributed by atoms with Crippen LogP contribution in [0.25, 0.3) is 0 Å². The standard InChI is InChI=1S/C9H14O3S/c1-3-12-8(11)9(5-4-6-9)13-7(2)10/h3-6H2,1-2H3. The Morgan fingerprint density at radius 1 is 1.46 bits per heavy atom. The van der Waals surface area contributed by atoms with Gasteiger partial charge in [0.05, 0.1) is 6.61 Å². The molecule has 13 heavy (non-hydrogen) atoms. The zero-order valence-corrected chi connectivity index (χ0v) is 8.78. The van der Waals surface area contributed by atoms with E-state index in [9.17, 15) is 9.59 Å². The zero-order valence-electron chi connectivity index (χ0n) is 7.96. The highest BCUT2D eigenvalue weighted by Gasteiger charge is 2.47. The Morgan fingerprint density at radius 2 is 2.08 bits per heavy atom. The fourth-order valence-corrected chi connectivity index (χ4v) is 2.57. The van der Waals surface area contributed by atoms with Crippen LogP contribution in [0.5, 0.6) is 0 Å². The molecule has 0 aromatic rings. The van der Waals surface area contributed by atoms with Crippen LogP contribution in [0.15, 0.2) is 0 Å². The van der Waals surface area contributed by atoms with E-state index in [2.05, 4.69) is 0 Å². The molecule has 3 nitrogen and oxygen atoms in total. The lowest BCUT2D eigenvalue weighted by molar-refractivity contribution is -0.148. The van der Waals surface area contributed by atoms with E-state index in [1.54, 1.807) is 6.92 Å². The topological polar surface area (TPSA) is 43.4 Å². The Hall–Kier alpha value is -0.510. The van der Waals surface area contributed by atoms with Crippen molar-refractivity contribution in [2.45, 2.75) is 37.9 Å². The van der Waals surface area contributed by atoms with Gasteiger partial charge >= 0.3 is 5.97 Å². The Balaban J connectivity index is 2.58. The van der Waals surface area contributed by atoms with Crippen LogP contribution in [-0.2, 0) is 14.3 Å². The minimum absolute atomic E-state index is 0.00671. The van der Waals surface area contributed by atoms with Gasteiger partial charge in [0.2, 0.25) is 0 Å². The molecule has 0 bridgehead atoms. The average molecular weight is 202 g/mol. The van der Waals surface area contributed by atoms with Crippen molar-refractivity contribution in [2.24, 2.45) is 0 Å². The predicted molar refractivity (Wildman–Crippen MR) is 51.5 cm³/mol. The van der Waals surface area contributed by atoms with Crippen molar-refractivity contribution >= 4 is 22.8 Å². The molecule has 0 unspecified atom stereocenters. The lowest BCUT2D eigenvalue weighted by atomic mass is 9.84. The van der Waals surface area contributed by atoms with Crippen molar-refractivity contribution in [3.8, 4) is 0 Å². The van der Waals surface area contributed by atoms with Crippen LogP contribution in [-0.4, -0.2) is 22.4 Å². The molecule has 0 N–H and O–H groups in total. The summed E-state index contributed by atoms with van der Waals surface area (Å²) in [4.78, 5) is 22.4. The van der Waals surface area contributed by atoms with Crippen LogP contribution in [0.1, 0.15) is 33.1 Å². The predicted octanol–water partition coefficient (Wildman–Crippen LogP) is 1.75. The Kier molecular flexibility index (Phi) is 3.36. The number of rotatable bonds is 3. The largest absolute Gasteiger partial charge is 0.465 e. The first-order valence-corrected chi connectivity index (χ1v) is 5.29. The Labute approximate surface area is 82.2 Å². The van der Waals surface area contributed by atoms with Gasteiger partial charge in [0.25, 0.3) is 0 Å². The number of esters is 1. The summed E-state index contributed by atoms with van der Waals surface area (Å²) in [7, 11) is 0. The summed E-state index contributed by atoms with van der Waals surface area (Å²) >= 11 is 1.12. The third kappa shape index (κ3) is 2.24. The lowest BCUT2D eigenvalue weighted by Gasteiger charge is -2.37. The van der Waals surface area contributed by atoms with Gasteiger partial charge in [-0.1, -0.05) is 11.8 Å². The summed E-state index contributed by atoms with van der Waals surface area (Å²) in [6.45, 7) is 3.66. The lowest BCUT2D eigenvalue weighted by Crippen LogP contribution is -2.44. The van der Waals surface area contributed by atoms with Crippen LogP contribution < -0.4 is 0 Å². The maximum Gasteiger partial charge on any atom is 0.322 e. The maximum atomic E-state index is 11.5. The highest BCUT2D eigenvalue weighted by Crippen LogP contribution is 2.45. The highest BCUT2D eigenvalue weighted by atomic mass is 32.2. The van der Waals surface area contributed by atoms with Crippen molar-refractivity contribution < 1.29 is 14.3 Å². The van der Waals surface area contributed by atoms with Crippen LogP contribution in [0.4, 0.5) is 0 Å². The molecule has 0 saturated heterocycles. The molecular formula is C9H14O3S. The van der Waals surface area contributed by atoms with Crippen molar-refractivity contribution in [1.29, 1.82) is 0 Å². The number of carbonyl (C=O) groups is 2. The minimum Gasteiger partial charge on any atom is -0.465 e. The van der Waals surface area contributed by atoms with Gasteiger partial charge in [0.1, 0.15) is 4.75 Å². The fraction of sp³-hybridized carbons (Fsp3) is 0.778. The molecule has 0 radical (unpaired) electrons. The number of thioether (sulfide) groups is 1. The molecule has 1 aliphatic rings. The van der Waals surface area contributed by atoms with Gasteiger partial charge in [0, 0.05) is 6.92 Å². The van der Waals surface area contributed by atoms with Gasteiger partial charge in [0.15, 0.2) is 5.12 Å². The minimum atomic E-state index is -0.540. The van der Waals surface area contributed by atoms with Gasteiger partial charge in [-0.2, -0.15) is 0 Å². The van der Waals surface area contributed by atoms with Crippen LogP contribution in [0.2, 0.25) is 0 Å². The summed E-state index contributed by atoms with van der Waals surface area (Å²) in [6, 6.07) is 0. The maximum absolute atomic E-state index is 11.5. The van der Waals surface area contributed by atoms with E-state index < -0.39 is 4.75 Å². The molecule has 1 rings (SSSR count). The molecule has 4 heteroatoms. The van der Waals surface area contributed by atoms with E-state index >= 15 is 0 Å². The number of ether oxygens (including phenoxy) is 1. The van der Waals surface area contributed by atoms with Crippen LogP contribution in [0, 0.1) is 0 Å². The summed E-state index contributed by atoms with van der Waals surface area (Å²) < 4.78 is 4.40. The Bertz CT molecular complexity index is 221. The normalized spacial score (nSPS) is 18.9. The smallest absolute Gasteiger partial charge is 0.322 e. The average Bonchev–Trinajstić information content (AvgIpc) is 1.96. The zero-order chi connectivity index (χ0) is 9.90. The molecule has 1 aliphatic carbocycles. The Morgan fingerprint density at radius 3 is 2.38 bits per heavy atom. The number of carbonyl (C=O) groups excluding carboxylic acids is 2. The second-order valence-electron chi connectivity index (χ2n) is 3.16. The highest BCUT2D eigenvalue weighted by molar-refractivity contribution is 8.15. The van der Waals surface area contributed by atoms with Gasteiger partial charge in [-0.25, -0.2) is 0 Å². The second kappa shape index (κ2) is 4.13. The van der Waals surface area contributed by atoms with E-state index in [0.717, 1.165) is 31.0 Å². The van der Waals surface area contributed by atoms with E-state index in [0.29, 0.717) is 6.61 Å². The molecule has 0 heterocycles. The fourth-order valence-electron chi connectivity index (χ4n) is 1.38. The van der Waals surface area contributed by atoms with Crippen molar-refractivity contribution in [2.75, 3.05) is 6.61 Å². The van der Waals surface area contributed by atoms with Crippen molar-refractivity contribution in [1.82, 2.24) is 0 Å². The van der Waals surface area contributed by atoms with Gasteiger partial charge < -0.3 is 4.74 Å². The molecule has 0 spiro atoms. The second-order valence-corrected chi connectivity index (χ2v) is 4.72. The first-order valence-electron chi connectivity index (χ1n) is 4.47. The van der Waals surface area contributed by atoms with Gasteiger partial charge in [-0.15, -0.1) is 0 Å². The molecular weight excluding hydrogens is 188 g/mol. The number of hydrogen-bond acceptors (Lipinski definition) is 4. The van der Waals surface area contributed by atoms with E-state index in [1.165, 1.54) is 6.92 Å². The summed E-state index contributed by atoms with van der Waals surface area (Å²) in [5.74, 6) is -0.221.